The van der Waals surface area contributed by atoms with Crippen LogP contribution in [0.3, 0.4) is 0 Å². The molecule has 0 fully saturated rings. The van der Waals surface area contributed by atoms with Crippen LogP contribution in [-0.2, 0) is 0 Å². The molecule has 0 aliphatic heterocycles. The second-order valence-corrected chi connectivity index (χ2v) is 6.53. The van der Waals surface area contributed by atoms with Gasteiger partial charge in [-0.2, -0.15) is 0 Å². The Morgan fingerprint density at radius 1 is 0.857 bits per heavy atom. The fourth-order valence-electron chi connectivity index (χ4n) is 2.21. The fourth-order valence-corrected chi connectivity index (χ4v) is 3.12. The van der Waals surface area contributed by atoms with Crippen molar-refractivity contribution < 1.29 is 0 Å². The van der Waals surface area contributed by atoms with Crippen molar-refractivity contribution in [2.75, 3.05) is 0 Å². The van der Waals surface area contributed by atoms with Crippen molar-refractivity contribution in [3.8, 4) is 0 Å². The standard InChI is InChI=1S/C16H15Cl4N/c1-9(11-4-3-5-12(17)8-11)21-10(2)13-6-7-14(18)16(20)15(13)19/h3-10,21H,1-2H3/t9-,10?/m1/s1. The Hall–Kier alpha value is -0.440. The van der Waals surface area contributed by atoms with E-state index in [0.29, 0.717) is 15.1 Å². The van der Waals surface area contributed by atoms with Gasteiger partial charge >= 0.3 is 0 Å². The van der Waals surface area contributed by atoms with Crippen LogP contribution in [0.15, 0.2) is 36.4 Å². The Morgan fingerprint density at radius 2 is 1.57 bits per heavy atom. The minimum Gasteiger partial charge on any atom is -0.304 e. The highest BCUT2D eigenvalue weighted by atomic mass is 35.5. The van der Waals surface area contributed by atoms with E-state index in [0.717, 1.165) is 16.1 Å². The highest BCUT2D eigenvalue weighted by molar-refractivity contribution is 6.48. The molecule has 0 saturated heterocycles. The lowest BCUT2D eigenvalue weighted by molar-refractivity contribution is 0.495. The summed E-state index contributed by atoms with van der Waals surface area (Å²) in [6.45, 7) is 4.11. The molecule has 0 saturated carbocycles. The fraction of sp³-hybridized carbons (Fsp3) is 0.250. The Bertz CT molecular complexity index is 642. The topological polar surface area (TPSA) is 12.0 Å². The average Bonchev–Trinajstić information content (AvgIpc) is 2.44. The van der Waals surface area contributed by atoms with Crippen LogP contribution < -0.4 is 5.32 Å². The number of halogens is 4. The van der Waals surface area contributed by atoms with E-state index in [-0.39, 0.29) is 12.1 Å². The molecule has 112 valence electrons. The summed E-state index contributed by atoms with van der Waals surface area (Å²) in [5.74, 6) is 0. The van der Waals surface area contributed by atoms with Gasteiger partial charge in [0.25, 0.3) is 0 Å². The van der Waals surface area contributed by atoms with Crippen molar-refractivity contribution in [1.82, 2.24) is 5.32 Å². The Morgan fingerprint density at radius 3 is 2.24 bits per heavy atom. The predicted molar refractivity (Wildman–Crippen MR) is 92.9 cm³/mol. The molecule has 0 radical (unpaired) electrons. The van der Waals surface area contributed by atoms with Gasteiger partial charge in [0.05, 0.1) is 15.1 Å². The molecule has 2 rings (SSSR count). The van der Waals surface area contributed by atoms with Gasteiger partial charge in [0.2, 0.25) is 0 Å². The summed E-state index contributed by atoms with van der Waals surface area (Å²) in [4.78, 5) is 0. The normalized spacial score (nSPS) is 14.0. The van der Waals surface area contributed by atoms with Crippen LogP contribution in [0.2, 0.25) is 20.1 Å². The third-order valence-electron chi connectivity index (χ3n) is 3.38. The summed E-state index contributed by atoms with van der Waals surface area (Å²) in [7, 11) is 0. The van der Waals surface area contributed by atoms with Gasteiger partial charge in [-0.05, 0) is 43.2 Å². The molecule has 0 aromatic heterocycles. The monoisotopic (exact) mass is 361 g/mol. The van der Waals surface area contributed by atoms with Crippen molar-refractivity contribution in [2.24, 2.45) is 0 Å². The Balaban J connectivity index is 2.18. The van der Waals surface area contributed by atoms with Crippen molar-refractivity contribution in [3.05, 3.63) is 67.6 Å². The first-order chi connectivity index (χ1) is 9.90. The molecule has 1 N–H and O–H groups in total. The van der Waals surface area contributed by atoms with Gasteiger partial charge in [-0.25, -0.2) is 0 Å². The van der Waals surface area contributed by atoms with E-state index in [9.17, 15) is 0 Å². The van der Waals surface area contributed by atoms with Crippen molar-refractivity contribution in [1.29, 1.82) is 0 Å². The number of hydrogen-bond acceptors (Lipinski definition) is 1. The summed E-state index contributed by atoms with van der Waals surface area (Å²) >= 11 is 24.3. The van der Waals surface area contributed by atoms with Crippen LogP contribution in [0.25, 0.3) is 0 Å². The highest BCUT2D eigenvalue weighted by Crippen LogP contribution is 2.36. The summed E-state index contributed by atoms with van der Waals surface area (Å²) in [5, 5.41) is 5.54. The number of rotatable bonds is 4. The molecule has 0 aliphatic carbocycles. The lowest BCUT2D eigenvalue weighted by atomic mass is 10.0. The Kier molecular flexibility index (Phi) is 5.81. The molecule has 2 aromatic rings. The molecule has 0 heterocycles. The van der Waals surface area contributed by atoms with Crippen molar-refractivity contribution >= 4 is 46.4 Å². The van der Waals surface area contributed by atoms with Crippen molar-refractivity contribution in [2.45, 2.75) is 25.9 Å². The van der Waals surface area contributed by atoms with Gasteiger partial charge in [-0.15, -0.1) is 0 Å². The molecule has 2 aromatic carbocycles. The molecule has 0 bridgehead atoms. The van der Waals surface area contributed by atoms with E-state index in [4.69, 9.17) is 46.4 Å². The minimum atomic E-state index is 0.0289. The van der Waals surface area contributed by atoms with Gasteiger partial charge in [0.15, 0.2) is 0 Å². The number of nitrogens with one attached hydrogen (secondary N) is 1. The van der Waals surface area contributed by atoms with Gasteiger partial charge in [-0.1, -0.05) is 64.6 Å². The van der Waals surface area contributed by atoms with Gasteiger partial charge < -0.3 is 5.32 Å². The second kappa shape index (κ2) is 7.21. The summed E-state index contributed by atoms with van der Waals surface area (Å²) in [6, 6.07) is 11.6. The maximum atomic E-state index is 6.27. The molecule has 1 nitrogen and oxygen atoms in total. The molecule has 21 heavy (non-hydrogen) atoms. The number of hydrogen-bond donors (Lipinski definition) is 1. The zero-order valence-corrected chi connectivity index (χ0v) is 14.7. The minimum absolute atomic E-state index is 0.0289. The molecule has 2 atom stereocenters. The van der Waals surface area contributed by atoms with Crippen LogP contribution in [-0.4, -0.2) is 0 Å². The van der Waals surface area contributed by atoms with Gasteiger partial charge in [0, 0.05) is 17.1 Å². The third-order valence-corrected chi connectivity index (χ3v) is 4.92. The molecule has 0 aliphatic rings. The first-order valence-electron chi connectivity index (χ1n) is 6.55. The third kappa shape index (κ3) is 4.06. The SMILES string of the molecule is CC(N[C@H](C)c1cccc(Cl)c1)c1ccc(Cl)c(Cl)c1Cl. The van der Waals surface area contributed by atoms with E-state index in [1.807, 2.05) is 37.3 Å². The molecule has 0 amide bonds. The first kappa shape index (κ1) is 16.9. The molecular weight excluding hydrogens is 348 g/mol. The van der Waals surface area contributed by atoms with Crippen LogP contribution in [0, 0.1) is 0 Å². The Labute approximate surface area is 145 Å². The van der Waals surface area contributed by atoms with Crippen LogP contribution in [0.5, 0.6) is 0 Å². The van der Waals surface area contributed by atoms with Crippen LogP contribution in [0.4, 0.5) is 0 Å². The quantitative estimate of drug-likeness (QED) is 0.595. The zero-order chi connectivity index (χ0) is 15.6. The van der Waals surface area contributed by atoms with Gasteiger partial charge in [0.1, 0.15) is 0 Å². The van der Waals surface area contributed by atoms with Crippen LogP contribution in [0.1, 0.15) is 37.1 Å². The van der Waals surface area contributed by atoms with Crippen molar-refractivity contribution in [3.63, 3.8) is 0 Å². The largest absolute Gasteiger partial charge is 0.304 e. The lowest BCUT2D eigenvalue weighted by Gasteiger charge is -2.22. The van der Waals surface area contributed by atoms with E-state index in [1.54, 1.807) is 6.07 Å². The maximum Gasteiger partial charge on any atom is 0.0781 e. The van der Waals surface area contributed by atoms with E-state index in [1.165, 1.54) is 0 Å². The first-order valence-corrected chi connectivity index (χ1v) is 8.06. The smallest absolute Gasteiger partial charge is 0.0781 e. The van der Waals surface area contributed by atoms with Crippen LogP contribution >= 0.6 is 46.4 Å². The molecule has 5 heteroatoms. The molecular formula is C16H15Cl4N. The van der Waals surface area contributed by atoms with Gasteiger partial charge in [-0.3, -0.25) is 0 Å². The predicted octanol–water partition coefficient (Wildman–Crippen LogP) is 6.71. The lowest BCUT2D eigenvalue weighted by Crippen LogP contribution is -2.22. The van der Waals surface area contributed by atoms with E-state index in [2.05, 4.69) is 12.2 Å². The zero-order valence-electron chi connectivity index (χ0n) is 11.6. The maximum absolute atomic E-state index is 6.27. The average molecular weight is 363 g/mol. The van der Waals surface area contributed by atoms with E-state index >= 15 is 0 Å². The second-order valence-electron chi connectivity index (χ2n) is 4.93. The number of benzene rings is 2. The summed E-state index contributed by atoms with van der Waals surface area (Å²) < 4.78 is 0. The summed E-state index contributed by atoms with van der Waals surface area (Å²) in [6.07, 6.45) is 0. The molecule has 1 unspecified atom stereocenters. The molecule has 0 spiro atoms. The highest BCUT2D eigenvalue weighted by Gasteiger charge is 2.16. The summed E-state index contributed by atoms with van der Waals surface area (Å²) in [5.41, 5.74) is 2.03. The van der Waals surface area contributed by atoms with E-state index < -0.39 is 0 Å².